The topological polar surface area (TPSA) is 35.3 Å². The molecule has 14 heavy (non-hydrogen) atoms. The lowest BCUT2D eigenvalue weighted by Crippen LogP contribution is -2.23. The van der Waals surface area contributed by atoms with Crippen LogP contribution in [-0.2, 0) is 4.74 Å². The number of hydrogen-bond donors (Lipinski definition) is 0. The third-order valence-corrected chi connectivity index (χ3v) is 1.96. The van der Waals surface area contributed by atoms with Gasteiger partial charge in [0.15, 0.2) is 6.21 Å². The van der Waals surface area contributed by atoms with Gasteiger partial charge in [-0.15, -0.1) is 0 Å². The molecule has 3 heteroatoms. The van der Waals surface area contributed by atoms with E-state index in [4.69, 9.17) is 4.74 Å². The summed E-state index contributed by atoms with van der Waals surface area (Å²) in [6.45, 7) is 6.21. The second kappa shape index (κ2) is 6.60. The van der Waals surface area contributed by atoms with Gasteiger partial charge in [-0.1, -0.05) is 26.8 Å². The van der Waals surface area contributed by atoms with Crippen molar-refractivity contribution in [1.29, 1.82) is 0 Å². The van der Waals surface area contributed by atoms with Crippen LogP contribution in [0.4, 0.5) is 0 Å². The molecule has 0 saturated heterocycles. The molecule has 0 aliphatic carbocycles. The van der Waals surface area contributed by atoms with Crippen molar-refractivity contribution in [1.82, 2.24) is 0 Å². The van der Waals surface area contributed by atoms with Gasteiger partial charge < -0.3 is 9.94 Å². The monoisotopic (exact) mass is 199 g/mol. The fraction of sp³-hybridized carbons (Fsp3) is 0.727. The van der Waals surface area contributed by atoms with Gasteiger partial charge in [-0.25, -0.2) is 4.74 Å². The second-order valence-electron chi connectivity index (χ2n) is 3.69. The van der Waals surface area contributed by atoms with Gasteiger partial charge >= 0.3 is 0 Å². The summed E-state index contributed by atoms with van der Waals surface area (Å²) in [5, 5.41) is 10.9. The maximum atomic E-state index is 10.9. The molecular formula is C11H21NO2. The van der Waals surface area contributed by atoms with Gasteiger partial charge in [0.1, 0.15) is 7.05 Å². The van der Waals surface area contributed by atoms with Crippen LogP contribution >= 0.6 is 0 Å². The second-order valence-corrected chi connectivity index (χ2v) is 3.69. The van der Waals surface area contributed by atoms with Crippen LogP contribution in [0.2, 0.25) is 0 Å². The molecule has 3 nitrogen and oxygen atoms in total. The number of ether oxygens (including phenoxy) is 1. The number of nitrogens with zero attached hydrogens (tertiary/aromatic N) is 1. The lowest BCUT2D eigenvalue weighted by molar-refractivity contribution is -0.417. The lowest BCUT2D eigenvalue weighted by Gasteiger charge is -2.19. The third kappa shape index (κ3) is 4.42. The molecule has 0 aliphatic rings. The summed E-state index contributed by atoms with van der Waals surface area (Å²) in [6, 6.07) is 0. The first-order chi connectivity index (χ1) is 6.52. The van der Waals surface area contributed by atoms with Crippen LogP contribution < -0.4 is 0 Å². The maximum Gasteiger partial charge on any atom is 0.179 e. The van der Waals surface area contributed by atoms with Crippen molar-refractivity contribution in [2.45, 2.75) is 33.3 Å². The van der Waals surface area contributed by atoms with E-state index in [0.29, 0.717) is 5.92 Å². The summed E-state index contributed by atoms with van der Waals surface area (Å²) in [5.41, 5.74) is 0.961. The first-order valence-electron chi connectivity index (χ1n) is 5.00. The quantitative estimate of drug-likeness (QED) is 0.294. The predicted octanol–water partition coefficient (Wildman–Crippen LogP) is 2.20. The first kappa shape index (κ1) is 13.2. The summed E-state index contributed by atoms with van der Waals surface area (Å²) < 4.78 is 6.18. The van der Waals surface area contributed by atoms with Crippen molar-refractivity contribution >= 4 is 6.21 Å². The van der Waals surface area contributed by atoms with Crippen LogP contribution in [0.5, 0.6) is 0 Å². The molecule has 1 atom stereocenters. The van der Waals surface area contributed by atoms with E-state index < -0.39 is 0 Å². The van der Waals surface area contributed by atoms with E-state index in [2.05, 4.69) is 13.8 Å². The Morgan fingerprint density at radius 2 is 2.07 bits per heavy atom. The summed E-state index contributed by atoms with van der Waals surface area (Å²) in [4.78, 5) is 0. The number of hydrogen-bond acceptors (Lipinski definition) is 2. The molecule has 0 aromatic carbocycles. The molecule has 0 rings (SSSR count). The van der Waals surface area contributed by atoms with Crippen LogP contribution in [0.3, 0.4) is 0 Å². The molecule has 0 radical (unpaired) electrons. The summed E-state index contributed by atoms with van der Waals surface area (Å²) in [5.74, 6) is 0.369. The van der Waals surface area contributed by atoms with E-state index in [1.54, 1.807) is 13.3 Å². The molecule has 0 amide bonds. The van der Waals surface area contributed by atoms with Crippen molar-refractivity contribution < 1.29 is 9.48 Å². The molecule has 0 N–H and O–H groups in total. The number of hydroxylamine groups is 1. The molecule has 0 aliphatic heterocycles. The van der Waals surface area contributed by atoms with Crippen molar-refractivity contribution in [3.8, 4) is 0 Å². The summed E-state index contributed by atoms with van der Waals surface area (Å²) in [6.07, 6.45) is 4.53. The van der Waals surface area contributed by atoms with Crippen molar-refractivity contribution in [3.05, 3.63) is 16.9 Å². The Bertz CT molecular complexity index is 215. The van der Waals surface area contributed by atoms with E-state index in [-0.39, 0.29) is 6.10 Å². The minimum absolute atomic E-state index is 0.00588. The van der Waals surface area contributed by atoms with Crippen LogP contribution in [0.25, 0.3) is 0 Å². The van der Waals surface area contributed by atoms with E-state index in [9.17, 15) is 5.21 Å². The van der Waals surface area contributed by atoms with Crippen LogP contribution in [0, 0.1) is 11.1 Å². The zero-order chi connectivity index (χ0) is 11.1. The van der Waals surface area contributed by atoms with Gasteiger partial charge in [0.2, 0.25) is 0 Å². The Balaban J connectivity index is 4.80. The molecule has 0 aromatic heterocycles. The van der Waals surface area contributed by atoms with Crippen LogP contribution in [0.15, 0.2) is 11.6 Å². The Hall–Kier alpha value is -0.830. The number of rotatable bonds is 5. The summed E-state index contributed by atoms with van der Waals surface area (Å²) >= 11 is 0. The van der Waals surface area contributed by atoms with E-state index in [1.165, 1.54) is 7.05 Å². The van der Waals surface area contributed by atoms with Crippen LogP contribution in [0.1, 0.15) is 27.2 Å². The fourth-order valence-corrected chi connectivity index (χ4v) is 1.48. The van der Waals surface area contributed by atoms with Crippen molar-refractivity contribution in [2.24, 2.45) is 5.92 Å². The minimum Gasteiger partial charge on any atom is -0.624 e. The van der Waals surface area contributed by atoms with E-state index in [0.717, 1.165) is 16.7 Å². The van der Waals surface area contributed by atoms with Gasteiger partial charge in [0.25, 0.3) is 0 Å². The maximum absolute atomic E-state index is 10.9. The predicted molar refractivity (Wildman–Crippen MR) is 59.6 cm³/mol. The molecule has 0 heterocycles. The Morgan fingerprint density at radius 3 is 2.36 bits per heavy atom. The van der Waals surface area contributed by atoms with Crippen molar-refractivity contribution in [3.63, 3.8) is 0 Å². The minimum atomic E-state index is 0.00588. The first-order valence-corrected chi connectivity index (χ1v) is 5.00. The smallest absolute Gasteiger partial charge is 0.179 e. The molecule has 1 unspecified atom stereocenters. The van der Waals surface area contributed by atoms with Gasteiger partial charge in [0.05, 0.1) is 6.10 Å². The average molecular weight is 199 g/mol. The summed E-state index contributed by atoms with van der Waals surface area (Å²) in [7, 11) is 3.16. The number of allylic oxidation sites excluding steroid dienone is 1. The van der Waals surface area contributed by atoms with Crippen molar-refractivity contribution in [2.75, 3.05) is 14.2 Å². The zero-order valence-corrected chi connectivity index (χ0v) is 9.78. The largest absolute Gasteiger partial charge is 0.624 e. The number of methoxy groups -OCH3 is 1. The molecule has 0 fully saturated rings. The highest BCUT2D eigenvalue weighted by molar-refractivity contribution is 5.75. The highest BCUT2D eigenvalue weighted by atomic mass is 16.5. The fourth-order valence-electron chi connectivity index (χ4n) is 1.48. The molecule has 0 bridgehead atoms. The third-order valence-electron chi connectivity index (χ3n) is 1.96. The van der Waals surface area contributed by atoms with Gasteiger partial charge in [-0.3, -0.25) is 0 Å². The zero-order valence-electron chi connectivity index (χ0n) is 9.78. The normalized spacial score (nSPS) is 16.1. The van der Waals surface area contributed by atoms with Crippen LogP contribution in [-0.4, -0.2) is 31.2 Å². The molecule has 0 saturated carbocycles. The SMILES string of the molecule is CC/C=C(\C=[N+](/C)[O-])C(OC)C(C)C. The molecule has 0 aromatic rings. The molecule has 82 valence electrons. The van der Waals surface area contributed by atoms with Gasteiger partial charge in [-0.2, -0.15) is 0 Å². The molecule has 0 spiro atoms. The average Bonchev–Trinajstić information content (AvgIpc) is 2.03. The highest BCUT2D eigenvalue weighted by Crippen LogP contribution is 2.14. The van der Waals surface area contributed by atoms with Gasteiger partial charge in [0, 0.05) is 12.7 Å². The molecular weight excluding hydrogens is 178 g/mol. The standard InChI is InChI=1S/C11H21NO2/c1-6-7-10(8-12(4)13)11(14-5)9(2)3/h7-9,11H,6H2,1-5H3/b10-7+,12-8+. The Labute approximate surface area is 86.7 Å². The Morgan fingerprint density at radius 1 is 1.50 bits per heavy atom. The van der Waals surface area contributed by atoms with E-state index >= 15 is 0 Å². The van der Waals surface area contributed by atoms with E-state index in [1.807, 2.05) is 13.0 Å². The van der Waals surface area contributed by atoms with Gasteiger partial charge in [-0.05, 0) is 12.3 Å². The Kier molecular flexibility index (Phi) is 6.21. The highest BCUT2D eigenvalue weighted by Gasteiger charge is 2.17. The lowest BCUT2D eigenvalue weighted by atomic mass is 9.99.